The zero-order chi connectivity index (χ0) is 14.8. The second-order valence-corrected chi connectivity index (χ2v) is 5.99. The summed E-state index contributed by atoms with van der Waals surface area (Å²) in [7, 11) is 1.82. The smallest absolute Gasteiger partial charge is 0.230 e. The zero-order valence-electron chi connectivity index (χ0n) is 12.5. The molecule has 0 bridgehead atoms. The van der Waals surface area contributed by atoms with E-state index in [2.05, 4.69) is 5.32 Å². The van der Waals surface area contributed by atoms with Gasteiger partial charge in [0.15, 0.2) is 0 Å². The van der Waals surface area contributed by atoms with E-state index in [4.69, 9.17) is 0 Å². The molecule has 1 aromatic rings. The van der Waals surface area contributed by atoms with Crippen LogP contribution in [0.5, 0.6) is 5.75 Å². The van der Waals surface area contributed by atoms with E-state index in [1.165, 1.54) is 0 Å². The standard InChI is InChI=1S/C16H24N2O2/c1-12(13-7-4-5-8-14(13)19)18(3)15(20)16(2)9-6-10-17-11-16/h4-5,7-8,12,17,19H,6,9-11H2,1-3H3. The lowest BCUT2D eigenvalue weighted by molar-refractivity contribution is -0.142. The van der Waals surface area contributed by atoms with Crippen molar-refractivity contribution in [1.82, 2.24) is 10.2 Å². The van der Waals surface area contributed by atoms with Crippen molar-refractivity contribution in [3.8, 4) is 5.75 Å². The Labute approximate surface area is 120 Å². The first-order valence-electron chi connectivity index (χ1n) is 7.21. The Morgan fingerprint density at radius 2 is 2.15 bits per heavy atom. The Bertz CT molecular complexity index is 481. The van der Waals surface area contributed by atoms with E-state index in [1.54, 1.807) is 17.0 Å². The summed E-state index contributed by atoms with van der Waals surface area (Å²) in [6.07, 6.45) is 1.94. The molecule has 1 heterocycles. The number of nitrogens with one attached hydrogen (secondary N) is 1. The molecule has 0 spiro atoms. The lowest BCUT2D eigenvalue weighted by atomic mass is 9.81. The average molecular weight is 276 g/mol. The number of benzene rings is 1. The molecule has 1 aliphatic rings. The minimum Gasteiger partial charge on any atom is -0.508 e. The maximum atomic E-state index is 12.8. The van der Waals surface area contributed by atoms with Crippen LogP contribution in [0.15, 0.2) is 24.3 Å². The van der Waals surface area contributed by atoms with Gasteiger partial charge in [-0.05, 0) is 39.3 Å². The molecule has 2 N–H and O–H groups in total. The van der Waals surface area contributed by atoms with Gasteiger partial charge in [-0.25, -0.2) is 0 Å². The van der Waals surface area contributed by atoms with Gasteiger partial charge in [-0.3, -0.25) is 4.79 Å². The third-order valence-corrected chi connectivity index (χ3v) is 4.40. The van der Waals surface area contributed by atoms with Crippen molar-refractivity contribution in [2.45, 2.75) is 32.7 Å². The Kier molecular flexibility index (Phi) is 4.33. The quantitative estimate of drug-likeness (QED) is 0.890. The van der Waals surface area contributed by atoms with Crippen LogP contribution in [0.1, 0.15) is 38.3 Å². The molecule has 1 amide bonds. The van der Waals surface area contributed by atoms with E-state index in [0.717, 1.165) is 31.5 Å². The number of nitrogens with zero attached hydrogens (tertiary/aromatic N) is 1. The van der Waals surface area contributed by atoms with Crippen LogP contribution in [-0.2, 0) is 4.79 Å². The van der Waals surface area contributed by atoms with Gasteiger partial charge in [0.2, 0.25) is 5.91 Å². The summed E-state index contributed by atoms with van der Waals surface area (Å²) in [5.74, 6) is 0.382. The molecule has 2 unspecified atom stereocenters. The summed E-state index contributed by atoms with van der Waals surface area (Å²) in [5.41, 5.74) is 0.446. The monoisotopic (exact) mass is 276 g/mol. The molecule has 1 saturated heterocycles. The number of carbonyl (C=O) groups excluding carboxylic acids is 1. The number of aromatic hydroxyl groups is 1. The molecule has 1 aromatic carbocycles. The minimum atomic E-state index is -0.342. The predicted octanol–water partition coefficient (Wildman–Crippen LogP) is 2.30. The summed E-state index contributed by atoms with van der Waals surface area (Å²) in [6.45, 7) is 5.69. The number of rotatable bonds is 3. The number of carbonyl (C=O) groups is 1. The van der Waals surface area contributed by atoms with Crippen molar-refractivity contribution in [3.05, 3.63) is 29.8 Å². The Morgan fingerprint density at radius 3 is 2.75 bits per heavy atom. The fourth-order valence-electron chi connectivity index (χ4n) is 2.89. The van der Waals surface area contributed by atoms with Crippen molar-refractivity contribution >= 4 is 5.91 Å². The van der Waals surface area contributed by atoms with E-state index in [-0.39, 0.29) is 23.1 Å². The van der Waals surface area contributed by atoms with Gasteiger partial charge in [0.25, 0.3) is 0 Å². The van der Waals surface area contributed by atoms with Crippen LogP contribution in [0.3, 0.4) is 0 Å². The van der Waals surface area contributed by atoms with E-state index in [1.807, 2.05) is 33.0 Å². The van der Waals surface area contributed by atoms with Crippen molar-refractivity contribution in [2.24, 2.45) is 5.41 Å². The number of hydrogen-bond donors (Lipinski definition) is 2. The molecule has 2 atom stereocenters. The number of amides is 1. The molecule has 2 rings (SSSR count). The van der Waals surface area contributed by atoms with E-state index >= 15 is 0 Å². The van der Waals surface area contributed by atoms with Crippen molar-refractivity contribution in [2.75, 3.05) is 20.1 Å². The zero-order valence-corrected chi connectivity index (χ0v) is 12.5. The summed E-state index contributed by atoms with van der Waals surface area (Å²) in [6, 6.07) is 7.06. The number of phenols is 1. The fraction of sp³-hybridized carbons (Fsp3) is 0.562. The minimum absolute atomic E-state index is 0.137. The van der Waals surface area contributed by atoms with Gasteiger partial charge >= 0.3 is 0 Å². The van der Waals surface area contributed by atoms with Crippen LogP contribution in [0.4, 0.5) is 0 Å². The van der Waals surface area contributed by atoms with Gasteiger partial charge in [0.1, 0.15) is 5.75 Å². The van der Waals surface area contributed by atoms with Crippen LogP contribution in [0, 0.1) is 5.41 Å². The van der Waals surface area contributed by atoms with Crippen molar-refractivity contribution < 1.29 is 9.90 Å². The molecule has 4 nitrogen and oxygen atoms in total. The third kappa shape index (κ3) is 2.80. The van der Waals surface area contributed by atoms with Crippen LogP contribution < -0.4 is 5.32 Å². The lowest BCUT2D eigenvalue weighted by Crippen LogP contribution is -2.49. The molecule has 1 fully saturated rings. The highest BCUT2D eigenvalue weighted by Gasteiger charge is 2.38. The normalized spacial score (nSPS) is 24.1. The molecule has 20 heavy (non-hydrogen) atoms. The number of hydrogen-bond acceptors (Lipinski definition) is 3. The molecule has 4 heteroatoms. The van der Waals surface area contributed by atoms with Crippen LogP contribution >= 0.6 is 0 Å². The molecular weight excluding hydrogens is 252 g/mol. The summed E-state index contributed by atoms with van der Waals surface area (Å²) < 4.78 is 0. The first kappa shape index (κ1) is 14.9. The Morgan fingerprint density at radius 1 is 1.45 bits per heavy atom. The van der Waals surface area contributed by atoms with Gasteiger partial charge in [0.05, 0.1) is 11.5 Å². The van der Waals surface area contributed by atoms with Crippen molar-refractivity contribution in [3.63, 3.8) is 0 Å². The second kappa shape index (κ2) is 5.83. The largest absolute Gasteiger partial charge is 0.508 e. The van der Waals surface area contributed by atoms with Crippen LogP contribution in [-0.4, -0.2) is 36.1 Å². The van der Waals surface area contributed by atoms with Gasteiger partial charge in [-0.1, -0.05) is 18.2 Å². The maximum Gasteiger partial charge on any atom is 0.230 e. The van der Waals surface area contributed by atoms with E-state index < -0.39 is 0 Å². The molecular formula is C16H24N2O2. The van der Waals surface area contributed by atoms with Crippen LogP contribution in [0.2, 0.25) is 0 Å². The van der Waals surface area contributed by atoms with Gasteiger partial charge in [-0.15, -0.1) is 0 Å². The first-order chi connectivity index (χ1) is 9.46. The van der Waals surface area contributed by atoms with E-state index in [9.17, 15) is 9.90 Å². The molecule has 0 saturated carbocycles. The summed E-state index contributed by atoms with van der Waals surface area (Å²) >= 11 is 0. The second-order valence-electron chi connectivity index (χ2n) is 5.99. The third-order valence-electron chi connectivity index (χ3n) is 4.40. The SMILES string of the molecule is CC(c1ccccc1O)N(C)C(=O)C1(C)CCCNC1. The Hall–Kier alpha value is -1.55. The molecule has 0 radical (unpaired) electrons. The highest BCUT2D eigenvalue weighted by molar-refractivity contribution is 5.83. The van der Waals surface area contributed by atoms with Gasteiger partial charge in [-0.2, -0.15) is 0 Å². The Balaban J connectivity index is 2.16. The van der Waals surface area contributed by atoms with E-state index in [0.29, 0.717) is 0 Å². The highest BCUT2D eigenvalue weighted by Crippen LogP contribution is 2.33. The maximum absolute atomic E-state index is 12.8. The van der Waals surface area contributed by atoms with Gasteiger partial charge < -0.3 is 15.3 Å². The predicted molar refractivity (Wildman–Crippen MR) is 79.5 cm³/mol. The molecule has 110 valence electrons. The van der Waals surface area contributed by atoms with Crippen molar-refractivity contribution in [1.29, 1.82) is 0 Å². The number of piperidine rings is 1. The van der Waals surface area contributed by atoms with Crippen LogP contribution in [0.25, 0.3) is 0 Å². The molecule has 0 aromatic heterocycles. The molecule has 0 aliphatic carbocycles. The topological polar surface area (TPSA) is 52.6 Å². The fourth-order valence-corrected chi connectivity index (χ4v) is 2.89. The summed E-state index contributed by atoms with van der Waals surface area (Å²) in [5, 5.41) is 13.2. The summed E-state index contributed by atoms with van der Waals surface area (Å²) in [4.78, 5) is 14.5. The average Bonchev–Trinajstić information content (AvgIpc) is 2.46. The highest BCUT2D eigenvalue weighted by atomic mass is 16.3. The molecule has 1 aliphatic heterocycles. The van der Waals surface area contributed by atoms with Gasteiger partial charge in [0, 0.05) is 19.2 Å². The number of para-hydroxylation sites is 1. The first-order valence-corrected chi connectivity index (χ1v) is 7.21. The number of phenolic OH excluding ortho intramolecular Hbond substituents is 1. The lowest BCUT2D eigenvalue weighted by Gasteiger charge is -2.38.